The van der Waals surface area contributed by atoms with Crippen LogP contribution in [0.15, 0.2) is 43.0 Å². The third kappa shape index (κ3) is 5.41. The van der Waals surface area contributed by atoms with Crippen molar-refractivity contribution in [3.8, 4) is 11.5 Å². The van der Waals surface area contributed by atoms with Crippen molar-refractivity contribution in [3.05, 3.63) is 43.0 Å². The molecule has 0 bridgehead atoms. The van der Waals surface area contributed by atoms with Crippen LogP contribution in [0.1, 0.15) is 20.8 Å². The zero-order valence-corrected chi connectivity index (χ0v) is 13.7. The van der Waals surface area contributed by atoms with Gasteiger partial charge in [-0.1, -0.05) is 0 Å². The van der Waals surface area contributed by atoms with E-state index in [0.29, 0.717) is 0 Å². The van der Waals surface area contributed by atoms with E-state index in [1.54, 1.807) is 13.3 Å². The molecule has 120 valence electrons. The molecule has 1 N–H and O–H groups in total. The highest BCUT2D eigenvalue weighted by molar-refractivity contribution is 5.31. The number of nitrogens with zero attached hydrogens (tertiary/aromatic N) is 2. The molecule has 0 saturated carbocycles. The van der Waals surface area contributed by atoms with Gasteiger partial charge in [0.15, 0.2) is 0 Å². The number of benzene rings is 1. The summed E-state index contributed by atoms with van der Waals surface area (Å²) in [4.78, 5) is 4.08. The molecule has 1 aromatic heterocycles. The Kier molecular flexibility index (Phi) is 5.44. The molecule has 0 radical (unpaired) electrons. The molecule has 5 heteroatoms. The fraction of sp³-hybridized carbons (Fsp3) is 0.471. The van der Waals surface area contributed by atoms with Crippen molar-refractivity contribution >= 4 is 0 Å². The zero-order valence-electron chi connectivity index (χ0n) is 13.7. The first-order chi connectivity index (χ1) is 10.5. The molecule has 1 unspecified atom stereocenters. The number of hydrogen-bond donors (Lipinski definition) is 1. The molecule has 0 fully saturated rings. The van der Waals surface area contributed by atoms with Crippen LogP contribution in [0.4, 0.5) is 0 Å². The minimum Gasteiger partial charge on any atom is -0.497 e. The second kappa shape index (κ2) is 7.31. The Morgan fingerprint density at radius 2 is 1.86 bits per heavy atom. The zero-order chi connectivity index (χ0) is 16.0. The van der Waals surface area contributed by atoms with Crippen LogP contribution in [0.2, 0.25) is 0 Å². The molecule has 5 nitrogen and oxygen atoms in total. The van der Waals surface area contributed by atoms with Gasteiger partial charge in [0.05, 0.1) is 20.0 Å². The summed E-state index contributed by atoms with van der Waals surface area (Å²) in [6.07, 6.45) is 5.55. The van der Waals surface area contributed by atoms with Gasteiger partial charge in [0, 0.05) is 24.5 Å². The second-order valence-electron chi connectivity index (χ2n) is 6.31. The predicted octanol–water partition coefficient (Wildman–Crippen LogP) is 2.73. The summed E-state index contributed by atoms with van der Waals surface area (Å²) in [6.45, 7) is 7.95. The van der Waals surface area contributed by atoms with Crippen LogP contribution >= 0.6 is 0 Å². The van der Waals surface area contributed by atoms with Crippen LogP contribution in [0, 0.1) is 0 Å². The summed E-state index contributed by atoms with van der Waals surface area (Å²) >= 11 is 0. The van der Waals surface area contributed by atoms with Crippen LogP contribution in [0.25, 0.3) is 0 Å². The molecule has 0 aliphatic rings. The van der Waals surface area contributed by atoms with E-state index < -0.39 is 0 Å². The Bertz CT molecular complexity index is 544. The molecule has 0 saturated heterocycles. The highest BCUT2D eigenvalue weighted by atomic mass is 16.5. The quantitative estimate of drug-likeness (QED) is 0.854. The van der Waals surface area contributed by atoms with Crippen LogP contribution in [-0.4, -0.2) is 34.8 Å². The fourth-order valence-corrected chi connectivity index (χ4v) is 2.04. The maximum atomic E-state index is 6.12. The lowest BCUT2D eigenvalue weighted by molar-refractivity contribution is 0.166. The van der Waals surface area contributed by atoms with E-state index in [0.717, 1.165) is 24.6 Å². The third-order valence-electron chi connectivity index (χ3n) is 3.20. The maximum Gasteiger partial charge on any atom is 0.129 e. The molecular formula is C17H25N3O2. The Balaban J connectivity index is 2.01. The number of hydrogen-bond acceptors (Lipinski definition) is 4. The Morgan fingerprint density at radius 3 is 2.41 bits per heavy atom. The maximum absolute atomic E-state index is 6.12. The topological polar surface area (TPSA) is 48.3 Å². The number of imidazole rings is 1. The van der Waals surface area contributed by atoms with Crippen LogP contribution in [0.5, 0.6) is 11.5 Å². The Labute approximate surface area is 132 Å². The van der Waals surface area contributed by atoms with Crippen molar-refractivity contribution in [2.24, 2.45) is 0 Å². The largest absolute Gasteiger partial charge is 0.497 e. The molecular weight excluding hydrogens is 278 g/mol. The number of rotatable bonds is 7. The molecule has 0 aliphatic heterocycles. The van der Waals surface area contributed by atoms with Crippen LogP contribution in [-0.2, 0) is 6.54 Å². The number of ether oxygens (including phenoxy) is 2. The lowest BCUT2D eigenvalue weighted by Crippen LogP contribution is -2.44. The van der Waals surface area contributed by atoms with Crippen molar-refractivity contribution < 1.29 is 9.47 Å². The number of aromatic nitrogens is 2. The van der Waals surface area contributed by atoms with Crippen molar-refractivity contribution in [2.75, 3.05) is 13.7 Å². The predicted molar refractivity (Wildman–Crippen MR) is 87.4 cm³/mol. The van der Waals surface area contributed by atoms with Crippen molar-refractivity contribution in [3.63, 3.8) is 0 Å². The first kappa shape index (κ1) is 16.4. The average molecular weight is 303 g/mol. The van der Waals surface area contributed by atoms with E-state index in [2.05, 4.69) is 31.1 Å². The minimum atomic E-state index is 0.0156. The lowest BCUT2D eigenvalue weighted by atomic mass is 10.1. The van der Waals surface area contributed by atoms with Gasteiger partial charge in [-0.05, 0) is 45.0 Å². The first-order valence-corrected chi connectivity index (χ1v) is 7.48. The highest BCUT2D eigenvalue weighted by Gasteiger charge is 2.16. The summed E-state index contributed by atoms with van der Waals surface area (Å²) in [6, 6.07) is 7.66. The summed E-state index contributed by atoms with van der Waals surface area (Å²) in [5.74, 6) is 1.66. The summed E-state index contributed by atoms with van der Waals surface area (Å²) in [5, 5.41) is 3.49. The van der Waals surface area contributed by atoms with Gasteiger partial charge in [-0.2, -0.15) is 0 Å². The smallest absolute Gasteiger partial charge is 0.129 e. The summed E-state index contributed by atoms with van der Waals surface area (Å²) in [7, 11) is 1.66. The van der Waals surface area contributed by atoms with Gasteiger partial charge in [0.1, 0.15) is 17.6 Å². The van der Waals surface area contributed by atoms with Gasteiger partial charge < -0.3 is 19.4 Å². The van der Waals surface area contributed by atoms with Gasteiger partial charge >= 0.3 is 0 Å². The molecule has 1 atom stereocenters. The summed E-state index contributed by atoms with van der Waals surface area (Å²) < 4.78 is 13.3. The monoisotopic (exact) mass is 303 g/mol. The van der Waals surface area contributed by atoms with Gasteiger partial charge in [-0.25, -0.2) is 4.98 Å². The molecule has 2 aromatic rings. The molecule has 0 spiro atoms. The molecule has 22 heavy (non-hydrogen) atoms. The lowest BCUT2D eigenvalue weighted by Gasteiger charge is -2.26. The minimum absolute atomic E-state index is 0.0156. The van der Waals surface area contributed by atoms with Gasteiger partial charge in [-0.15, -0.1) is 0 Å². The van der Waals surface area contributed by atoms with Crippen LogP contribution < -0.4 is 14.8 Å². The van der Waals surface area contributed by atoms with E-state index in [-0.39, 0.29) is 11.6 Å². The van der Waals surface area contributed by atoms with Gasteiger partial charge in [0.25, 0.3) is 0 Å². The average Bonchev–Trinajstić information content (AvgIpc) is 2.98. The molecule has 2 rings (SSSR count). The third-order valence-corrected chi connectivity index (χ3v) is 3.20. The summed E-state index contributed by atoms with van der Waals surface area (Å²) in [5.41, 5.74) is 0.0520. The van der Waals surface area contributed by atoms with E-state index in [1.165, 1.54) is 0 Å². The second-order valence-corrected chi connectivity index (χ2v) is 6.31. The molecule has 0 aliphatic carbocycles. The first-order valence-electron chi connectivity index (χ1n) is 7.48. The van der Waals surface area contributed by atoms with E-state index in [9.17, 15) is 0 Å². The van der Waals surface area contributed by atoms with Gasteiger partial charge in [-0.3, -0.25) is 0 Å². The molecule has 1 heterocycles. The molecule has 0 amide bonds. The Morgan fingerprint density at radius 1 is 1.18 bits per heavy atom. The van der Waals surface area contributed by atoms with Crippen molar-refractivity contribution in [1.29, 1.82) is 0 Å². The van der Waals surface area contributed by atoms with E-state index in [1.807, 2.05) is 41.4 Å². The van der Waals surface area contributed by atoms with Crippen molar-refractivity contribution in [2.45, 2.75) is 39.0 Å². The molecule has 1 aromatic carbocycles. The number of methoxy groups -OCH3 is 1. The van der Waals surface area contributed by atoms with Gasteiger partial charge in [0.2, 0.25) is 0 Å². The highest BCUT2D eigenvalue weighted by Crippen LogP contribution is 2.18. The fourth-order valence-electron chi connectivity index (χ4n) is 2.04. The van der Waals surface area contributed by atoms with Crippen molar-refractivity contribution in [1.82, 2.24) is 14.9 Å². The van der Waals surface area contributed by atoms with E-state index in [4.69, 9.17) is 9.47 Å². The normalized spacial score (nSPS) is 12.9. The van der Waals surface area contributed by atoms with E-state index >= 15 is 0 Å². The number of nitrogens with one attached hydrogen (secondary N) is 1. The SMILES string of the molecule is COc1ccc(OC(CNC(C)(C)C)Cn2ccnc2)cc1. The standard InChI is InChI=1S/C17H25N3O2/c1-17(2,3)19-11-16(12-20-10-9-18-13-20)22-15-7-5-14(21-4)6-8-15/h5-10,13,16,19H,11-12H2,1-4H3. The Hall–Kier alpha value is -2.01. The van der Waals surface area contributed by atoms with Crippen LogP contribution in [0.3, 0.4) is 0 Å².